The minimum absolute atomic E-state index is 0.0212. The number of hydrogen-bond donors (Lipinski definition) is 4. The number of carbonyl (C=O) groups excluding carboxylic acids is 2. The molecule has 0 heterocycles. The van der Waals surface area contributed by atoms with Crippen LogP contribution >= 0.6 is 0 Å². The maximum atomic E-state index is 12.8. The summed E-state index contributed by atoms with van der Waals surface area (Å²) in [5.74, 6) is -0.760. The van der Waals surface area contributed by atoms with Crippen molar-refractivity contribution in [2.75, 3.05) is 112 Å². The lowest BCUT2D eigenvalue weighted by Crippen LogP contribution is -2.46. The molecule has 18 heteroatoms. The Hall–Kier alpha value is -1.11. The lowest BCUT2D eigenvalue weighted by Gasteiger charge is -2.32. The zero-order chi connectivity index (χ0) is 41.8. The Bertz CT molecular complexity index is 857. The highest BCUT2D eigenvalue weighted by Crippen LogP contribution is 2.26. The van der Waals surface area contributed by atoms with Gasteiger partial charge in [-0.1, -0.05) is 6.92 Å². The average Bonchev–Trinajstić information content (AvgIpc) is 3.17. The second-order valence-corrected chi connectivity index (χ2v) is 18.7. The summed E-state index contributed by atoms with van der Waals surface area (Å²) in [5, 5.41) is 20.5. The number of ether oxygens (including phenoxy) is 4. The molecule has 0 aliphatic carbocycles. The van der Waals surface area contributed by atoms with Crippen LogP contribution in [-0.4, -0.2) is 153 Å². The lowest BCUT2D eigenvalue weighted by molar-refractivity contribution is -0.170. The van der Waals surface area contributed by atoms with Gasteiger partial charge in [-0.15, -0.1) is 0 Å². The zero-order valence-electron chi connectivity index (χ0n) is 36.3. The Labute approximate surface area is 341 Å². The van der Waals surface area contributed by atoms with E-state index in [0.29, 0.717) is 111 Å². The second kappa shape index (κ2) is 35.8. The van der Waals surface area contributed by atoms with Crippen LogP contribution in [0.15, 0.2) is 0 Å². The predicted octanol–water partition coefficient (Wildman–Crippen LogP) is 4.05. The van der Waals surface area contributed by atoms with E-state index in [4.69, 9.17) is 45.5 Å². The van der Waals surface area contributed by atoms with Crippen molar-refractivity contribution >= 4 is 29.5 Å². The van der Waals surface area contributed by atoms with E-state index in [-0.39, 0.29) is 44.6 Å². The third-order valence-corrected chi connectivity index (χ3v) is 15.0. The first-order chi connectivity index (χ1) is 27.1. The minimum atomic E-state index is -2.71. The molecule has 0 aromatic heterocycles. The number of carbonyl (C=O) groups is 2. The van der Waals surface area contributed by atoms with Crippen LogP contribution in [0.2, 0.25) is 12.1 Å². The normalized spacial score (nSPS) is 12.9. The Morgan fingerprint density at radius 3 is 1.36 bits per heavy atom. The van der Waals surface area contributed by atoms with Crippen LogP contribution in [0.3, 0.4) is 0 Å². The van der Waals surface area contributed by atoms with Crippen LogP contribution in [0.5, 0.6) is 0 Å². The summed E-state index contributed by atoms with van der Waals surface area (Å²) in [6.45, 7) is 23.6. The first-order valence-electron chi connectivity index (χ1n) is 21.2. The molecule has 0 aliphatic heterocycles. The van der Waals surface area contributed by atoms with Crippen molar-refractivity contribution < 1.29 is 60.2 Å². The fourth-order valence-corrected chi connectivity index (χ4v) is 10.9. The summed E-state index contributed by atoms with van der Waals surface area (Å²) in [7, 11) is -5.42. The third-order valence-electron chi connectivity index (χ3n) is 8.70. The maximum absolute atomic E-state index is 12.8. The molecule has 56 heavy (non-hydrogen) atoms. The molecule has 0 rings (SSSR count). The summed E-state index contributed by atoms with van der Waals surface area (Å²) < 4.78 is 58.2. The van der Waals surface area contributed by atoms with Gasteiger partial charge in [-0.3, -0.25) is 9.59 Å². The molecule has 334 valence electrons. The predicted molar refractivity (Wildman–Crippen MR) is 220 cm³/mol. The Balaban J connectivity index is 5.06. The summed E-state index contributed by atoms with van der Waals surface area (Å²) >= 11 is 0. The van der Waals surface area contributed by atoms with Crippen LogP contribution in [0, 0.1) is 5.41 Å². The highest BCUT2D eigenvalue weighted by molar-refractivity contribution is 6.61. The number of hydrogen-bond acceptors (Lipinski definition) is 16. The third kappa shape index (κ3) is 26.8. The van der Waals surface area contributed by atoms with Crippen molar-refractivity contribution in [2.45, 2.75) is 119 Å². The van der Waals surface area contributed by atoms with Gasteiger partial charge in [0, 0.05) is 84.5 Å². The number of nitrogens with one attached hydrogen (secondary N) is 3. The van der Waals surface area contributed by atoms with Gasteiger partial charge in [0.2, 0.25) is 0 Å². The topological polar surface area (TPSA) is 183 Å². The van der Waals surface area contributed by atoms with Crippen LogP contribution in [0.1, 0.15) is 100 Å². The van der Waals surface area contributed by atoms with Crippen LogP contribution in [0.4, 0.5) is 0 Å². The molecule has 4 N–H and O–H groups in total. The van der Waals surface area contributed by atoms with Crippen molar-refractivity contribution in [1.82, 2.24) is 16.0 Å². The molecule has 0 saturated heterocycles. The van der Waals surface area contributed by atoms with E-state index < -0.39 is 29.3 Å². The number of aliphatic hydroxyl groups excluding tert-OH is 1. The lowest BCUT2D eigenvalue weighted by atomic mass is 9.88. The quantitative estimate of drug-likeness (QED) is 0.0299. The van der Waals surface area contributed by atoms with Gasteiger partial charge in [0.05, 0.1) is 24.9 Å². The minimum Gasteiger partial charge on any atom is -0.465 e. The molecular formula is C38H81N3O13Si2. The smallest absolute Gasteiger partial charge is 0.465 e. The number of esters is 2. The van der Waals surface area contributed by atoms with E-state index >= 15 is 0 Å². The van der Waals surface area contributed by atoms with Crippen LogP contribution in [-0.2, 0) is 55.1 Å². The Kier molecular flexibility index (Phi) is 35.1. The van der Waals surface area contributed by atoms with Gasteiger partial charge in [0.15, 0.2) is 6.29 Å². The van der Waals surface area contributed by atoms with E-state index in [1.807, 2.05) is 55.4 Å². The molecule has 0 aromatic carbocycles. The average molecular weight is 844 g/mol. The van der Waals surface area contributed by atoms with Crippen molar-refractivity contribution in [3.63, 3.8) is 0 Å². The van der Waals surface area contributed by atoms with Gasteiger partial charge >= 0.3 is 29.5 Å². The van der Waals surface area contributed by atoms with Gasteiger partial charge in [0.1, 0.15) is 13.2 Å². The molecule has 0 fully saturated rings. The molecule has 0 radical (unpaired) electrons. The van der Waals surface area contributed by atoms with E-state index in [1.54, 1.807) is 0 Å². The first-order valence-corrected chi connectivity index (χ1v) is 25.1. The first kappa shape index (κ1) is 54.9. The number of rotatable bonds is 42. The van der Waals surface area contributed by atoms with Crippen molar-refractivity contribution in [2.24, 2.45) is 5.41 Å². The monoisotopic (exact) mass is 844 g/mol. The molecule has 0 saturated carbocycles. The Morgan fingerprint density at radius 1 is 0.554 bits per heavy atom. The molecule has 0 amide bonds. The van der Waals surface area contributed by atoms with E-state index in [0.717, 1.165) is 25.8 Å². The van der Waals surface area contributed by atoms with Gasteiger partial charge in [-0.05, 0) is 100 Å². The molecule has 1 unspecified atom stereocenters. The number of aliphatic hydroxyl groups is 1. The van der Waals surface area contributed by atoms with E-state index in [9.17, 15) is 14.7 Å². The summed E-state index contributed by atoms with van der Waals surface area (Å²) in [6, 6.07) is 1.37. The van der Waals surface area contributed by atoms with Crippen molar-refractivity contribution in [1.29, 1.82) is 0 Å². The molecule has 0 aliphatic rings. The maximum Gasteiger partial charge on any atom is 0.500 e. The fourth-order valence-electron chi connectivity index (χ4n) is 5.69. The van der Waals surface area contributed by atoms with Gasteiger partial charge in [-0.2, -0.15) is 0 Å². The fraction of sp³-hybridized carbons (Fsp3) is 0.947. The zero-order valence-corrected chi connectivity index (χ0v) is 38.3. The summed E-state index contributed by atoms with van der Waals surface area (Å²) in [4.78, 5) is 25.7. The van der Waals surface area contributed by atoms with Crippen molar-refractivity contribution in [3.05, 3.63) is 0 Å². The van der Waals surface area contributed by atoms with Gasteiger partial charge in [-0.25, -0.2) is 0 Å². The molecule has 0 aromatic rings. The van der Waals surface area contributed by atoms with Crippen LogP contribution in [0.25, 0.3) is 0 Å². The highest BCUT2D eigenvalue weighted by Gasteiger charge is 2.40. The molecular weight excluding hydrogens is 763 g/mol. The summed E-state index contributed by atoms with van der Waals surface area (Å²) in [6.07, 6.45) is 2.59. The highest BCUT2D eigenvalue weighted by atomic mass is 28.4. The molecule has 0 bridgehead atoms. The van der Waals surface area contributed by atoms with E-state index in [1.165, 1.54) is 0 Å². The van der Waals surface area contributed by atoms with Gasteiger partial charge < -0.3 is 66.6 Å². The largest absolute Gasteiger partial charge is 0.500 e. The standard InChI is InChI=1S/C38H81N3O13Si2/c1-9-38(32-46-35(42)20-26-39-23-17-29-45-10-2,33-47-36(43)21-27-40-24-18-30-55(49-11-3,50-12-4)51-13-5)34-48-37(44)22-28-41-25-19-31-56(52-14-6,53-15-7)54-16-8/h35,39-42H,9-34H2,1-8H3. The van der Waals surface area contributed by atoms with E-state index in [2.05, 4.69) is 16.0 Å². The SMILES string of the molecule is CCOCCCNCCC(O)OCC(CC)(COC(=O)CCNCCC[Si](OCC)(OCC)OCC)COC(=O)CCNCCC[Si](OCC)(OCC)OCC. The molecule has 16 nitrogen and oxygen atoms in total. The summed E-state index contributed by atoms with van der Waals surface area (Å²) in [5.41, 5.74) is -0.838. The molecule has 1 atom stereocenters. The molecule has 0 spiro atoms. The van der Waals surface area contributed by atoms with Crippen molar-refractivity contribution in [3.8, 4) is 0 Å². The Morgan fingerprint density at radius 2 is 0.964 bits per heavy atom. The van der Waals surface area contributed by atoms with Crippen LogP contribution < -0.4 is 16.0 Å². The second-order valence-electron chi connectivity index (χ2n) is 13.2. The van der Waals surface area contributed by atoms with Gasteiger partial charge in [0.25, 0.3) is 0 Å².